The van der Waals surface area contributed by atoms with E-state index < -0.39 is 11.9 Å². The fourth-order valence-corrected chi connectivity index (χ4v) is 1.15. The molecule has 0 aliphatic heterocycles. The van der Waals surface area contributed by atoms with Gasteiger partial charge in [-0.25, -0.2) is 4.79 Å². The molecule has 15 heavy (non-hydrogen) atoms. The molecule has 1 atom stereocenters. The summed E-state index contributed by atoms with van der Waals surface area (Å²) in [7, 11) is 0. The molecule has 1 aromatic heterocycles. The summed E-state index contributed by atoms with van der Waals surface area (Å²) in [5.41, 5.74) is 0.924. The van der Waals surface area contributed by atoms with Crippen molar-refractivity contribution in [2.45, 2.75) is 12.8 Å². The molecule has 0 bridgehead atoms. The Balaban J connectivity index is 3.02. The summed E-state index contributed by atoms with van der Waals surface area (Å²) in [5.74, 6) is -1.50. The second-order valence-electron chi connectivity index (χ2n) is 3.10. The van der Waals surface area contributed by atoms with Crippen molar-refractivity contribution in [3.05, 3.63) is 29.6 Å². The van der Waals surface area contributed by atoms with Crippen LogP contribution in [0.2, 0.25) is 0 Å². The molecule has 0 radical (unpaired) electrons. The van der Waals surface area contributed by atoms with Crippen molar-refractivity contribution in [3.63, 3.8) is 0 Å². The van der Waals surface area contributed by atoms with E-state index in [1.807, 2.05) is 0 Å². The standard InChI is InChI=1S/C10H11N3O2/c1-6(12)8(4-11)9-3-2-7(5-13-9)10(14)15/h2-5,8,11-12H,1H3,(H,14,15). The summed E-state index contributed by atoms with van der Waals surface area (Å²) in [6.07, 6.45) is 2.35. The predicted molar refractivity (Wildman–Crippen MR) is 56.1 cm³/mol. The molecule has 78 valence electrons. The van der Waals surface area contributed by atoms with E-state index in [9.17, 15) is 4.79 Å². The molecule has 1 aromatic rings. The molecular formula is C10H11N3O2. The molecule has 0 saturated heterocycles. The molecule has 0 spiro atoms. The minimum absolute atomic E-state index is 0.102. The molecule has 0 fully saturated rings. The lowest BCUT2D eigenvalue weighted by molar-refractivity contribution is 0.0696. The zero-order valence-electron chi connectivity index (χ0n) is 8.19. The molecule has 0 aliphatic rings. The molecule has 1 rings (SSSR count). The number of carboxylic acid groups (broad SMARTS) is 1. The smallest absolute Gasteiger partial charge is 0.337 e. The van der Waals surface area contributed by atoms with Crippen LogP contribution in [0, 0.1) is 10.8 Å². The van der Waals surface area contributed by atoms with Gasteiger partial charge in [-0.15, -0.1) is 0 Å². The Morgan fingerprint density at radius 3 is 2.60 bits per heavy atom. The number of nitrogens with one attached hydrogen (secondary N) is 2. The van der Waals surface area contributed by atoms with Gasteiger partial charge in [0.15, 0.2) is 0 Å². The first-order chi connectivity index (χ1) is 7.06. The van der Waals surface area contributed by atoms with Gasteiger partial charge < -0.3 is 15.9 Å². The third-order valence-electron chi connectivity index (χ3n) is 1.99. The van der Waals surface area contributed by atoms with Gasteiger partial charge in [0.25, 0.3) is 0 Å². The van der Waals surface area contributed by atoms with E-state index in [-0.39, 0.29) is 5.56 Å². The van der Waals surface area contributed by atoms with Crippen LogP contribution in [-0.4, -0.2) is 28.0 Å². The quantitative estimate of drug-likeness (QED) is 0.650. The number of hydrogen-bond donors (Lipinski definition) is 3. The molecule has 0 amide bonds. The van der Waals surface area contributed by atoms with Crippen molar-refractivity contribution in [2.75, 3.05) is 0 Å². The SMILES string of the molecule is CC(=N)C(C=N)c1ccc(C(=O)O)cn1. The maximum atomic E-state index is 10.6. The lowest BCUT2D eigenvalue weighted by atomic mass is 10.0. The molecular weight excluding hydrogens is 194 g/mol. The Bertz CT molecular complexity index is 398. The highest BCUT2D eigenvalue weighted by Gasteiger charge is 2.12. The normalized spacial score (nSPS) is 11.8. The van der Waals surface area contributed by atoms with Crippen molar-refractivity contribution in [1.29, 1.82) is 10.8 Å². The number of carboxylic acids is 1. The summed E-state index contributed by atoms with van der Waals surface area (Å²) in [6.45, 7) is 1.59. The van der Waals surface area contributed by atoms with Gasteiger partial charge in [-0.3, -0.25) is 4.98 Å². The fraction of sp³-hybridized carbons (Fsp3) is 0.200. The van der Waals surface area contributed by atoms with Crippen LogP contribution in [-0.2, 0) is 0 Å². The van der Waals surface area contributed by atoms with Gasteiger partial charge in [0.05, 0.1) is 17.2 Å². The van der Waals surface area contributed by atoms with Crippen molar-refractivity contribution < 1.29 is 9.90 Å². The first kappa shape index (κ1) is 11.0. The van der Waals surface area contributed by atoms with Crippen molar-refractivity contribution in [1.82, 2.24) is 4.98 Å². The summed E-state index contributed by atoms with van der Waals surface area (Å²) >= 11 is 0. The summed E-state index contributed by atoms with van der Waals surface area (Å²) < 4.78 is 0. The molecule has 0 aliphatic carbocycles. The van der Waals surface area contributed by atoms with E-state index >= 15 is 0 Å². The third kappa shape index (κ3) is 2.46. The van der Waals surface area contributed by atoms with Gasteiger partial charge in [0.1, 0.15) is 0 Å². The third-order valence-corrected chi connectivity index (χ3v) is 1.99. The van der Waals surface area contributed by atoms with Crippen LogP contribution in [0.5, 0.6) is 0 Å². The largest absolute Gasteiger partial charge is 0.478 e. The molecule has 3 N–H and O–H groups in total. The summed E-state index contributed by atoms with van der Waals surface area (Å²) in [4.78, 5) is 14.5. The minimum atomic E-state index is -1.04. The van der Waals surface area contributed by atoms with E-state index in [4.69, 9.17) is 15.9 Å². The van der Waals surface area contributed by atoms with Crippen molar-refractivity contribution in [2.24, 2.45) is 0 Å². The highest BCUT2D eigenvalue weighted by atomic mass is 16.4. The second kappa shape index (κ2) is 4.45. The first-order valence-corrected chi connectivity index (χ1v) is 4.31. The highest BCUT2D eigenvalue weighted by molar-refractivity contribution is 5.99. The van der Waals surface area contributed by atoms with Gasteiger partial charge in [-0.05, 0) is 19.1 Å². The van der Waals surface area contributed by atoms with Gasteiger partial charge >= 0.3 is 5.97 Å². The molecule has 1 unspecified atom stereocenters. The lowest BCUT2D eigenvalue weighted by Gasteiger charge is -2.08. The van der Waals surface area contributed by atoms with E-state index in [1.54, 1.807) is 6.92 Å². The summed E-state index contributed by atoms with van der Waals surface area (Å²) in [5, 5.41) is 23.2. The maximum Gasteiger partial charge on any atom is 0.337 e. The Kier molecular flexibility index (Phi) is 3.28. The zero-order valence-corrected chi connectivity index (χ0v) is 8.19. The maximum absolute atomic E-state index is 10.6. The molecule has 1 heterocycles. The van der Waals surface area contributed by atoms with Gasteiger partial charge in [-0.1, -0.05) is 0 Å². The number of aromatic nitrogens is 1. The number of carbonyl (C=O) groups is 1. The van der Waals surface area contributed by atoms with Crippen LogP contribution in [0.15, 0.2) is 18.3 Å². The number of rotatable bonds is 4. The Morgan fingerprint density at radius 1 is 1.60 bits per heavy atom. The Morgan fingerprint density at radius 2 is 2.27 bits per heavy atom. The zero-order chi connectivity index (χ0) is 11.4. The number of hydrogen-bond acceptors (Lipinski definition) is 4. The number of pyridine rings is 1. The van der Waals surface area contributed by atoms with Crippen LogP contribution < -0.4 is 0 Å². The monoisotopic (exact) mass is 205 g/mol. The average Bonchev–Trinajstić information content (AvgIpc) is 2.19. The van der Waals surface area contributed by atoms with Gasteiger partial charge in [-0.2, -0.15) is 0 Å². The Labute approximate surface area is 86.8 Å². The summed E-state index contributed by atoms with van der Waals surface area (Å²) in [6, 6.07) is 2.95. The molecule has 0 aromatic carbocycles. The second-order valence-corrected chi connectivity index (χ2v) is 3.10. The van der Waals surface area contributed by atoms with Crippen LogP contribution in [0.3, 0.4) is 0 Å². The molecule has 5 nitrogen and oxygen atoms in total. The van der Waals surface area contributed by atoms with E-state index in [1.165, 1.54) is 18.3 Å². The first-order valence-electron chi connectivity index (χ1n) is 4.31. The molecule has 5 heteroatoms. The van der Waals surface area contributed by atoms with Crippen LogP contribution in [0.25, 0.3) is 0 Å². The van der Waals surface area contributed by atoms with Gasteiger partial charge in [0.2, 0.25) is 0 Å². The van der Waals surface area contributed by atoms with E-state index in [0.29, 0.717) is 11.4 Å². The van der Waals surface area contributed by atoms with E-state index in [2.05, 4.69) is 4.98 Å². The van der Waals surface area contributed by atoms with Crippen LogP contribution in [0.1, 0.15) is 28.9 Å². The van der Waals surface area contributed by atoms with Gasteiger partial charge in [0, 0.05) is 18.1 Å². The minimum Gasteiger partial charge on any atom is -0.478 e. The van der Waals surface area contributed by atoms with Crippen LogP contribution in [0.4, 0.5) is 0 Å². The topological polar surface area (TPSA) is 97.9 Å². The predicted octanol–water partition coefficient (Wildman–Crippen LogP) is 1.55. The number of nitrogens with zero attached hydrogens (tertiary/aromatic N) is 1. The van der Waals surface area contributed by atoms with Crippen LogP contribution >= 0.6 is 0 Å². The number of aromatic carboxylic acids is 1. The van der Waals surface area contributed by atoms with Crippen molar-refractivity contribution in [3.8, 4) is 0 Å². The average molecular weight is 205 g/mol. The Hall–Kier alpha value is -2.04. The van der Waals surface area contributed by atoms with E-state index in [0.717, 1.165) is 6.21 Å². The van der Waals surface area contributed by atoms with Crippen molar-refractivity contribution >= 4 is 17.9 Å². The fourth-order valence-electron chi connectivity index (χ4n) is 1.15. The highest BCUT2D eigenvalue weighted by Crippen LogP contribution is 2.12. The lowest BCUT2D eigenvalue weighted by Crippen LogP contribution is -2.11. The molecule has 0 saturated carbocycles.